The Bertz CT molecular complexity index is 759. The fourth-order valence-corrected chi connectivity index (χ4v) is 2.63. The second kappa shape index (κ2) is 7.59. The minimum atomic E-state index is -4.76. The lowest BCUT2D eigenvalue weighted by molar-refractivity contribution is -0.274. The lowest BCUT2D eigenvalue weighted by Gasteiger charge is -2.15. The largest absolute Gasteiger partial charge is 0.573 e. The Morgan fingerprint density at radius 3 is 2.50 bits per heavy atom. The molecule has 1 aliphatic rings. The van der Waals surface area contributed by atoms with Gasteiger partial charge in [-0.05, 0) is 43.2 Å². The lowest BCUT2D eigenvalue weighted by Crippen LogP contribution is -2.25. The third kappa shape index (κ3) is 4.84. The smallest absolute Gasteiger partial charge is 0.406 e. The van der Waals surface area contributed by atoms with Crippen molar-refractivity contribution in [2.75, 3.05) is 18.0 Å². The number of ether oxygens (including phenoxy) is 1. The summed E-state index contributed by atoms with van der Waals surface area (Å²) >= 11 is 0. The number of aromatic nitrogens is 2. The van der Waals surface area contributed by atoms with E-state index in [1.54, 1.807) is 12.3 Å². The standard InChI is InChI=1S/C17H17F3N4O2/c18-17(19,20)26-14-5-3-12(4-6-14)15(25)22-11-13-7-8-21-16(23-13)24-9-1-2-10-24/h3-8H,1-2,9-11H2,(H,22,25). The van der Waals surface area contributed by atoms with Crippen LogP contribution in [0.15, 0.2) is 36.5 Å². The number of hydrogen-bond donors (Lipinski definition) is 1. The number of anilines is 1. The maximum absolute atomic E-state index is 12.1. The number of halogens is 3. The molecule has 9 heteroatoms. The van der Waals surface area contributed by atoms with E-state index in [9.17, 15) is 18.0 Å². The lowest BCUT2D eigenvalue weighted by atomic mass is 10.2. The van der Waals surface area contributed by atoms with E-state index in [1.807, 2.05) is 0 Å². The van der Waals surface area contributed by atoms with Crippen molar-refractivity contribution >= 4 is 11.9 Å². The monoisotopic (exact) mass is 366 g/mol. The first-order chi connectivity index (χ1) is 12.4. The summed E-state index contributed by atoms with van der Waals surface area (Å²) in [6.07, 6.45) is -0.897. The first kappa shape index (κ1) is 18.0. The summed E-state index contributed by atoms with van der Waals surface area (Å²) in [6, 6.07) is 6.44. The highest BCUT2D eigenvalue weighted by atomic mass is 19.4. The highest BCUT2D eigenvalue weighted by Gasteiger charge is 2.31. The van der Waals surface area contributed by atoms with Gasteiger partial charge in [-0.15, -0.1) is 13.2 Å². The SMILES string of the molecule is O=C(NCc1ccnc(N2CCCC2)n1)c1ccc(OC(F)(F)F)cc1. The highest BCUT2D eigenvalue weighted by molar-refractivity contribution is 5.94. The van der Waals surface area contributed by atoms with Gasteiger partial charge >= 0.3 is 6.36 Å². The van der Waals surface area contributed by atoms with Crippen LogP contribution in [0.25, 0.3) is 0 Å². The van der Waals surface area contributed by atoms with Gasteiger partial charge in [0.1, 0.15) is 5.75 Å². The molecule has 1 fully saturated rings. The Hall–Kier alpha value is -2.84. The van der Waals surface area contributed by atoms with Crippen molar-refractivity contribution in [2.24, 2.45) is 0 Å². The number of benzene rings is 1. The number of carbonyl (C=O) groups excluding carboxylic acids is 1. The van der Waals surface area contributed by atoms with Gasteiger partial charge in [-0.2, -0.15) is 0 Å². The van der Waals surface area contributed by atoms with E-state index in [1.165, 1.54) is 12.1 Å². The van der Waals surface area contributed by atoms with Crippen LogP contribution < -0.4 is 15.0 Å². The number of alkyl halides is 3. The van der Waals surface area contributed by atoms with Crippen molar-refractivity contribution in [3.05, 3.63) is 47.8 Å². The predicted octanol–water partition coefficient (Wildman–Crippen LogP) is 2.91. The first-order valence-corrected chi connectivity index (χ1v) is 8.11. The Morgan fingerprint density at radius 1 is 1.15 bits per heavy atom. The third-order valence-electron chi connectivity index (χ3n) is 3.87. The molecule has 1 aromatic carbocycles. The number of nitrogens with zero attached hydrogens (tertiary/aromatic N) is 3. The maximum Gasteiger partial charge on any atom is 0.573 e. The molecular formula is C17H17F3N4O2. The zero-order chi connectivity index (χ0) is 18.6. The van der Waals surface area contributed by atoms with Crippen LogP contribution in [0.4, 0.5) is 19.1 Å². The number of carbonyl (C=O) groups is 1. The van der Waals surface area contributed by atoms with Gasteiger partial charge in [0.25, 0.3) is 5.91 Å². The second-order valence-corrected chi connectivity index (χ2v) is 5.80. The number of rotatable bonds is 5. The molecule has 0 aliphatic carbocycles. The highest BCUT2D eigenvalue weighted by Crippen LogP contribution is 2.22. The van der Waals surface area contributed by atoms with Gasteiger partial charge in [0.2, 0.25) is 5.95 Å². The summed E-state index contributed by atoms with van der Waals surface area (Å²) in [7, 11) is 0. The molecule has 138 valence electrons. The molecule has 0 saturated carbocycles. The Balaban J connectivity index is 1.57. The summed E-state index contributed by atoms with van der Waals surface area (Å²) in [4.78, 5) is 22.9. The van der Waals surface area contributed by atoms with Crippen molar-refractivity contribution in [1.29, 1.82) is 0 Å². The van der Waals surface area contributed by atoms with Crippen molar-refractivity contribution < 1.29 is 22.7 Å². The summed E-state index contributed by atoms with van der Waals surface area (Å²) in [6.45, 7) is 2.04. The van der Waals surface area contributed by atoms with E-state index in [0.29, 0.717) is 11.6 Å². The molecule has 0 atom stereocenters. The quantitative estimate of drug-likeness (QED) is 0.881. The topological polar surface area (TPSA) is 67.4 Å². The zero-order valence-electron chi connectivity index (χ0n) is 13.8. The molecule has 2 aromatic rings. The van der Waals surface area contributed by atoms with Gasteiger partial charge in [-0.25, -0.2) is 9.97 Å². The summed E-state index contributed by atoms with van der Waals surface area (Å²) in [5.74, 6) is -0.145. The molecule has 0 spiro atoms. The minimum Gasteiger partial charge on any atom is -0.406 e. The van der Waals surface area contributed by atoms with Crippen LogP contribution in [0.1, 0.15) is 28.9 Å². The molecule has 0 unspecified atom stereocenters. The van der Waals surface area contributed by atoms with Gasteiger partial charge in [-0.1, -0.05) is 0 Å². The maximum atomic E-state index is 12.1. The second-order valence-electron chi connectivity index (χ2n) is 5.80. The van der Waals surface area contributed by atoms with Gasteiger partial charge in [0.15, 0.2) is 0 Å². The van der Waals surface area contributed by atoms with Crippen molar-refractivity contribution in [1.82, 2.24) is 15.3 Å². The molecule has 6 nitrogen and oxygen atoms in total. The Kier molecular flexibility index (Phi) is 5.24. The Morgan fingerprint density at radius 2 is 1.85 bits per heavy atom. The average molecular weight is 366 g/mol. The van der Waals surface area contributed by atoms with Gasteiger partial charge in [0, 0.05) is 24.8 Å². The van der Waals surface area contributed by atoms with Crippen molar-refractivity contribution in [2.45, 2.75) is 25.7 Å². The molecule has 1 amide bonds. The molecular weight excluding hydrogens is 349 g/mol. The first-order valence-electron chi connectivity index (χ1n) is 8.11. The summed E-state index contributed by atoms with van der Waals surface area (Å²) in [5, 5.41) is 2.69. The van der Waals surface area contributed by atoms with Crippen LogP contribution in [0.2, 0.25) is 0 Å². The summed E-state index contributed by atoms with van der Waals surface area (Å²) in [5.41, 5.74) is 0.889. The van der Waals surface area contributed by atoms with Crippen LogP contribution in [0, 0.1) is 0 Å². The third-order valence-corrected chi connectivity index (χ3v) is 3.87. The van der Waals surface area contributed by atoms with E-state index in [4.69, 9.17) is 0 Å². The molecule has 3 rings (SSSR count). The molecule has 0 bridgehead atoms. The van der Waals surface area contributed by atoms with E-state index < -0.39 is 12.3 Å². The average Bonchev–Trinajstić information content (AvgIpc) is 3.14. The van der Waals surface area contributed by atoms with E-state index in [0.717, 1.165) is 38.1 Å². The fraction of sp³-hybridized carbons (Fsp3) is 0.353. The molecule has 1 N–H and O–H groups in total. The molecule has 1 aromatic heterocycles. The molecule has 1 saturated heterocycles. The number of amides is 1. The zero-order valence-corrected chi connectivity index (χ0v) is 13.8. The van der Waals surface area contributed by atoms with Crippen LogP contribution in [0.3, 0.4) is 0 Å². The van der Waals surface area contributed by atoms with Gasteiger partial charge < -0.3 is 15.0 Å². The normalized spacial score (nSPS) is 14.3. The summed E-state index contributed by atoms with van der Waals surface area (Å²) < 4.78 is 40.2. The van der Waals surface area contributed by atoms with E-state index >= 15 is 0 Å². The molecule has 26 heavy (non-hydrogen) atoms. The number of hydrogen-bond acceptors (Lipinski definition) is 5. The van der Waals surface area contributed by atoms with Crippen LogP contribution in [0.5, 0.6) is 5.75 Å². The molecule has 2 heterocycles. The Labute approximate surface area is 148 Å². The van der Waals surface area contributed by atoms with Crippen molar-refractivity contribution in [3.8, 4) is 5.75 Å². The van der Waals surface area contributed by atoms with Gasteiger partial charge in [0.05, 0.1) is 12.2 Å². The van der Waals surface area contributed by atoms with Crippen molar-refractivity contribution in [3.63, 3.8) is 0 Å². The predicted molar refractivity (Wildman–Crippen MR) is 87.8 cm³/mol. The van der Waals surface area contributed by atoms with E-state index in [2.05, 4.69) is 24.9 Å². The van der Waals surface area contributed by atoms with E-state index in [-0.39, 0.29) is 17.9 Å². The molecule has 0 radical (unpaired) electrons. The van der Waals surface area contributed by atoms with Crippen LogP contribution >= 0.6 is 0 Å². The molecule has 1 aliphatic heterocycles. The van der Waals surface area contributed by atoms with Crippen LogP contribution in [-0.2, 0) is 6.54 Å². The van der Waals surface area contributed by atoms with Crippen LogP contribution in [-0.4, -0.2) is 35.3 Å². The minimum absolute atomic E-state index is 0.197. The number of nitrogens with one attached hydrogen (secondary N) is 1. The van der Waals surface area contributed by atoms with Gasteiger partial charge in [-0.3, -0.25) is 4.79 Å². The fourth-order valence-electron chi connectivity index (χ4n) is 2.63.